The van der Waals surface area contributed by atoms with Gasteiger partial charge in [0.05, 0.1) is 0 Å². The molecule has 8 heteroatoms. The number of rotatable bonds is 4. The summed E-state index contributed by atoms with van der Waals surface area (Å²) in [6, 6.07) is 4.42. The lowest BCUT2D eigenvalue weighted by Gasteiger charge is -2.40. The molecule has 3 aromatic heterocycles. The van der Waals surface area contributed by atoms with Crippen molar-refractivity contribution in [2.24, 2.45) is 0 Å². The van der Waals surface area contributed by atoms with Gasteiger partial charge in [-0.05, 0) is 69.2 Å². The quantitative estimate of drug-likeness (QED) is 0.623. The maximum atomic E-state index is 12.4. The number of nitrogens with zero attached hydrogens (tertiary/aromatic N) is 6. The minimum atomic E-state index is -0.0433. The molecule has 31 heavy (non-hydrogen) atoms. The molecule has 6 rings (SSSR count). The van der Waals surface area contributed by atoms with Crippen LogP contribution in [-0.2, 0) is 0 Å². The van der Waals surface area contributed by atoms with Crippen molar-refractivity contribution < 1.29 is 0 Å². The highest BCUT2D eigenvalue weighted by molar-refractivity contribution is 7.18. The van der Waals surface area contributed by atoms with Gasteiger partial charge in [0.15, 0.2) is 5.01 Å². The van der Waals surface area contributed by atoms with Gasteiger partial charge in [0, 0.05) is 43.2 Å². The number of piperidine rings is 2. The molecule has 0 N–H and O–H groups in total. The summed E-state index contributed by atoms with van der Waals surface area (Å²) < 4.78 is 1.67. The summed E-state index contributed by atoms with van der Waals surface area (Å²) in [5, 5.41) is 10.9. The SMILES string of the molecule is O=c1ccnc2c(C3CC3)cc(-c3nnc(N4CCC(N5CCCCC5)CC4)s3)cn12. The zero-order valence-electron chi connectivity index (χ0n) is 17.7. The summed E-state index contributed by atoms with van der Waals surface area (Å²) in [5.41, 5.74) is 2.87. The first-order chi connectivity index (χ1) is 15.3. The first kappa shape index (κ1) is 19.4. The second-order valence-electron chi connectivity index (χ2n) is 9.14. The molecular formula is C23H28N6OS. The van der Waals surface area contributed by atoms with Gasteiger partial charge >= 0.3 is 0 Å². The molecule has 7 nitrogen and oxygen atoms in total. The van der Waals surface area contributed by atoms with Gasteiger partial charge in [-0.15, -0.1) is 10.2 Å². The largest absolute Gasteiger partial charge is 0.347 e. The molecule has 0 radical (unpaired) electrons. The normalized spacial score (nSPS) is 21.1. The van der Waals surface area contributed by atoms with Crippen LogP contribution < -0.4 is 10.5 Å². The molecule has 3 aliphatic rings. The fourth-order valence-corrected chi connectivity index (χ4v) is 6.02. The predicted octanol–water partition coefficient (Wildman–Crippen LogP) is 3.55. The fraction of sp³-hybridized carbons (Fsp3) is 0.565. The highest BCUT2D eigenvalue weighted by Crippen LogP contribution is 2.43. The van der Waals surface area contributed by atoms with Crippen molar-refractivity contribution in [3.8, 4) is 10.6 Å². The molecule has 2 saturated heterocycles. The van der Waals surface area contributed by atoms with E-state index in [2.05, 4.69) is 31.0 Å². The first-order valence-corrected chi connectivity index (χ1v) is 12.4. The Morgan fingerprint density at radius 1 is 0.968 bits per heavy atom. The van der Waals surface area contributed by atoms with Crippen LogP contribution in [0.25, 0.3) is 16.2 Å². The average Bonchev–Trinajstić information content (AvgIpc) is 3.55. The van der Waals surface area contributed by atoms with E-state index < -0.39 is 0 Å². The van der Waals surface area contributed by atoms with Gasteiger partial charge < -0.3 is 9.80 Å². The lowest BCUT2D eigenvalue weighted by atomic mass is 10.0. The maximum Gasteiger partial charge on any atom is 0.257 e. The van der Waals surface area contributed by atoms with E-state index in [1.165, 1.54) is 51.3 Å². The van der Waals surface area contributed by atoms with Crippen LogP contribution in [0.15, 0.2) is 29.3 Å². The molecule has 0 spiro atoms. The predicted molar refractivity (Wildman–Crippen MR) is 123 cm³/mol. The second-order valence-corrected chi connectivity index (χ2v) is 10.1. The molecule has 0 unspecified atom stereocenters. The van der Waals surface area contributed by atoms with Crippen LogP contribution in [-0.4, -0.2) is 56.7 Å². The number of pyridine rings is 1. The van der Waals surface area contributed by atoms with E-state index in [9.17, 15) is 4.79 Å². The Bertz CT molecular complexity index is 1140. The van der Waals surface area contributed by atoms with Crippen molar-refractivity contribution in [1.82, 2.24) is 24.5 Å². The third-order valence-corrected chi connectivity index (χ3v) is 8.07. The lowest BCUT2D eigenvalue weighted by molar-refractivity contribution is 0.141. The zero-order chi connectivity index (χ0) is 20.8. The van der Waals surface area contributed by atoms with Crippen LogP contribution in [0.4, 0.5) is 5.13 Å². The molecule has 0 amide bonds. The summed E-state index contributed by atoms with van der Waals surface area (Å²) >= 11 is 1.64. The highest BCUT2D eigenvalue weighted by atomic mass is 32.1. The molecule has 2 aliphatic heterocycles. The molecular weight excluding hydrogens is 408 g/mol. The topological polar surface area (TPSA) is 66.6 Å². The van der Waals surface area contributed by atoms with Crippen LogP contribution in [0, 0.1) is 0 Å². The molecule has 1 aliphatic carbocycles. The van der Waals surface area contributed by atoms with Crippen molar-refractivity contribution in [3.05, 3.63) is 40.4 Å². The minimum Gasteiger partial charge on any atom is -0.347 e. The molecule has 0 aromatic carbocycles. The summed E-state index contributed by atoms with van der Waals surface area (Å²) in [6.07, 6.45) is 12.3. The van der Waals surface area contributed by atoms with E-state index in [0.29, 0.717) is 5.92 Å². The van der Waals surface area contributed by atoms with E-state index in [1.807, 2.05) is 6.20 Å². The van der Waals surface area contributed by atoms with Gasteiger partial charge in [0.1, 0.15) is 5.65 Å². The lowest BCUT2D eigenvalue weighted by Crippen LogP contribution is -2.46. The van der Waals surface area contributed by atoms with Crippen molar-refractivity contribution in [3.63, 3.8) is 0 Å². The highest BCUT2D eigenvalue weighted by Gasteiger charge is 2.29. The summed E-state index contributed by atoms with van der Waals surface area (Å²) in [5.74, 6) is 0.505. The number of hydrogen-bond acceptors (Lipinski definition) is 7. The van der Waals surface area contributed by atoms with Crippen LogP contribution in [0.3, 0.4) is 0 Å². The van der Waals surface area contributed by atoms with Gasteiger partial charge in [0.25, 0.3) is 5.56 Å². The molecule has 0 atom stereocenters. The summed E-state index contributed by atoms with van der Waals surface area (Å²) in [6.45, 7) is 4.63. The standard InChI is InChI=1S/C23H28N6OS/c30-20-6-9-24-21-19(16-4-5-16)14-17(15-29(20)21)22-25-26-23(31-22)28-12-7-18(8-13-28)27-10-2-1-3-11-27/h6,9,14-16,18H,1-5,7-8,10-13H2. The molecule has 0 bridgehead atoms. The van der Waals surface area contributed by atoms with Crippen LogP contribution >= 0.6 is 11.3 Å². The Hall–Kier alpha value is -2.32. The summed E-state index contributed by atoms with van der Waals surface area (Å²) in [7, 11) is 0. The van der Waals surface area contributed by atoms with E-state index in [1.54, 1.807) is 21.9 Å². The Morgan fingerprint density at radius 2 is 1.77 bits per heavy atom. The average molecular weight is 437 g/mol. The smallest absolute Gasteiger partial charge is 0.257 e. The van der Waals surface area contributed by atoms with Crippen molar-refractivity contribution in [1.29, 1.82) is 0 Å². The summed E-state index contributed by atoms with van der Waals surface area (Å²) in [4.78, 5) is 22.0. The Labute approximate surface area is 185 Å². The van der Waals surface area contributed by atoms with Crippen molar-refractivity contribution in [2.45, 2.75) is 56.9 Å². The third-order valence-electron chi connectivity index (χ3n) is 7.04. The molecule has 162 valence electrons. The maximum absolute atomic E-state index is 12.4. The van der Waals surface area contributed by atoms with Crippen molar-refractivity contribution in [2.75, 3.05) is 31.1 Å². The molecule has 5 heterocycles. The van der Waals surface area contributed by atoms with E-state index in [-0.39, 0.29) is 5.56 Å². The van der Waals surface area contributed by atoms with Gasteiger partial charge in [-0.3, -0.25) is 9.20 Å². The van der Waals surface area contributed by atoms with Crippen molar-refractivity contribution >= 4 is 22.1 Å². The molecule has 3 aromatic rings. The molecule has 3 fully saturated rings. The third kappa shape index (κ3) is 3.76. The first-order valence-electron chi connectivity index (χ1n) is 11.6. The van der Waals surface area contributed by atoms with Gasteiger partial charge in [-0.25, -0.2) is 4.98 Å². The Balaban J connectivity index is 1.23. The Morgan fingerprint density at radius 3 is 2.55 bits per heavy atom. The molecule has 1 saturated carbocycles. The number of likely N-dealkylation sites (tertiary alicyclic amines) is 1. The number of aromatic nitrogens is 4. The zero-order valence-corrected chi connectivity index (χ0v) is 18.6. The van der Waals surface area contributed by atoms with E-state index in [0.717, 1.165) is 58.9 Å². The van der Waals surface area contributed by atoms with Gasteiger partial charge in [0.2, 0.25) is 5.13 Å². The van der Waals surface area contributed by atoms with E-state index >= 15 is 0 Å². The van der Waals surface area contributed by atoms with E-state index in [4.69, 9.17) is 0 Å². The van der Waals surface area contributed by atoms with Gasteiger partial charge in [-0.2, -0.15) is 0 Å². The monoisotopic (exact) mass is 436 g/mol. The van der Waals surface area contributed by atoms with Crippen LogP contribution in [0.2, 0.25) is 0 Å². The van der Waals surface area contributed by atoms with Crippen LogP contribution in [0.5, 0.6) is 0 Å². The fourth-order valence-electron chi connectivity index (χ4n) is 5.14. The number of hydrogen-bond donors (Lipinski definition) is 0. The van der Waals surface area contributed by atoms with Gasteiger partial charge in [-0.1, -0.05) is 17.8 Å². The van der Waals surface area contributed by atoms with Crippen LogP contribution in [0.1, 0.15) is 56.4 Å². The number of fused-ring (bicyclic) bond motifs is 1. The number of anilines is 1. The Kier molecular flexibility index (Phi) is 4.99. The minimum absolute atomic E-state index is 0.0433. The second kappa shape index (κ2) is 7.98.